The van der Waals surface area contributed by atoms with Gasteiger partial charge in [0.15, 0.2) is 11.5 Å². The van der Waals surface area contributed by atoms with Gasteiger partial charge in [-0.3, -0.25) is 9.69 Å². The van der Waals surface area contributed by atoms with Gasteiger partial charge >= 0.3 is 0 Å². The van der Waals surface area contributed by atoms with Gasteiger partial charge in [0.2, 0.25) is 0 Å². The highest BCUT2D eigenvalue weighted by Gasteiger charge is 2.29. The molecule has 7 nitrogen and oxygen atoms in total. The van der Waals surface area contributed by atoms with E-state index in [1.807, 2.05) is 37.3 Å². The monoisotopic (exact) mass is 512 g/mol. The molecule has 0 aliphatic carbocycles. The van der Waals surface area contributed by atoms with E-state index in [1.54, 1.807) is 0 Å². The maximum Gasteiger partial charge on any atom is 0.274 e. The Bertz CT molecular complexity index is 1440. The minimum absolute atomic E-state index is 0.248. The molecule has 7 heteroatoms. The average molecular weight is 513 g/mol. The predicted molar refractivity (Wildman–Crippen MR) is 149 cm³/mol. The molecule has 0 saturated carbocycles. The van der Waals surface area contributed by atoms with Gasteiger partial charge in [-0.05, 0) is 61.7 Å². The van der Waals surface area contributed by atoms with Gasteiger partial charge in [0, 0.05) is 43.6 Å². The topological polar surface area (TPSA) is 72.5 Å². The lowest BCUT2D eigenvalue weighted by atomic mass is 9.92. The third kappa shape index (κ3) is 5.11. The first-order valence-electron chi connectivity index (χ1n) is 13.3. The molecule has 198 valence electrons. The molecule has 3 heterocycles. The van der Waals surface area contributed by atoms with Crippen molar-refractivity contribution in [1.82, 2.24) is 19.9 Å². The molecular weight excluding hydrogens is 476 g/mol. The zero-order valence-corrected chi connectivity index (χ0v) is 22.9. The van der Waals surface area contributed by atoms with E-state index in [0.717, 1.165) is 41.9 Å². The number of nitrogens with zero attached hydrogens (tertiary/aromatic N) is 3. The van der Waals surface area contributed by atoms with Crippen molar-refractivity contribution in [2.75, 3.05) is 20.1 Å². The standard InChI is InChI=1S/C31H36N4O3/c1-6-32-31(36)29-28(23-15-24-18-34(5)12-13-35(24)17-23)30(38-33-29)26-16-25(20(2)3)21(4)14-27(26)37-19-22-10-8-7-9-11-22/h7-11,14-17,20H,6,12-13,18-19H2,1-5H3,(H,32,36). The van der Waals surface area contributed by atoms with Crippen molar-refractivity contribution in [3.8, 4) is 28.2 Å². The van der Waals surface area contributed by atoms with Crippen LogP contribution in [0.3, 0.4) is 0 Å². The van der Waals surface area contributed by atoms with Crippen LogP contribution in [0, 0.1) is 6.92 Å². The van der Waals surface area contributed by atoms with Crippen LogP contribution in [0.1, 0.15) is 59.6 Å². The molecular formula is C31H36N4O3. The SMILES string of the molecule is CCNC(=O)c1noc(-c2cc(C(C)C)c(C)cc2OCc2ccccc2)c1-c1cc2n(c1)CCN(C)C2. The highest BCUT2D eigenvalue weighted by atomic mass is 16.5. The molecule has 0 atom stereocenters. The summed E-state index contributed by atoms with van der Waals surface area (Å²) in [5, 5.41) is 7.20. The second-order valence-corrected chi connectivity index (χ2v) is 10.4. The van der Waals surface area contributed by atoms with E-state index in [9.17, 15) is 4.79 Å². The van der Waals surface area contributed by atoms with Gasteiger partial charge < -0.3 is 19.1 Å². The third-order valence-electron chi connectivity index (χ3n) is 7.15. The van der Waals surface area contributed by atoms with Crippen molar-refractivity contribution in [3.63, 3.8) is 0 Å². The molecule has 0 radical (unpaired) electrons. The van der Waals surface area contributed by atoms with Crippen molar-refractivity contribution >= 4 is 5.91 Å². The van der Waals surface area contributed by atoms with E-state index in [0.29, 0.717) is 41.8 Å². The molecule has 0 saturated heterocycles. The lowest BCUT2D eigenvalue weighted by Gasteiger charge is -2.24. The maximum atomic E-state index is 13.1. The van der Waals surface area contributed by atoms with Gasteiger partial charge in [-0.15, -0.1) is 0 Å². The van der Waals surface area contributed by atoms with Crippen LogP contribution in [0.4, 0.5) is 0 Å². The van der Waals surface area contributed by atoms with Crippen LogP contribution < -0.4 is 10.1 Å². The highest BCUT2D eigenvalue weighted by Crippen LogP contribution is 2.43. The number of likely N-dealkylation sites (N-methyl/N-ethyl adjacent to an activating group) is 1. The summed E-state index contributed by atoms with van der Waals surface area (Å²) in [7, 11) is 2.12. The smallest absolute Gasteiger partial charge is 0.274 e. The highest BCUT2D eigenvalue weighted by molar-refractivity contribution is 6.02. The number of hydrogen-bond donors (Lipinski definition) is 1. The van der Waals surface area contributed by atoms with Gasteiger partial charge in [-0.1, -0.05) is 49.3 Å². The van der Waals surface area contributed by atoms with E-state index in [1.165, 1.54) is 11.3 Å². The van der Waals surface area contributed by atoms with E-state index in [2.05, 4.69) is 72.2 Å². The molecule has 5 rings (SSSR count). The van der Waals surface area contributed by atoms with Crippen LogP contribution in [0.25, 0.3) is 22.5 Å². The van der Waals surface area contributed by atoms with Gasteiger partial charge in [-0.2, -0.15) is 0 Å². The number of rotatable bonds is 8. The number of aromatic nitrogens is 2. The Morgan fingerprint density at radius 2 is 1.95 bits per heavy atom. The van der Waals surface area contributed by atoms with Crippen molar-refractivity contribution < 1.29 is 14.1 Å². The zero-order chi connectivity index (χ0) is 26.8. The predicted octanol–water partition coefficient (Wildman–Crippen LogP) is 6.02. The summed E-state index contributed by atoms with van der Waals surface area (Å²) in [6.07, 6.45) is 2.11. The average Bonchev–Trinajstić information content (AvgIpc) is 3.52. The Hall–Kier alpha value is -3.84. The first kappa shape index (κ1) is 25.8. The number of amides is 1. The van der Waals surface area contributed by atoms with Crippen LogP contribution in [0.15, 0.2) is 59.3 Å². The van der Waals surface area contributed by atoms with Gasteiger partial charge in [0.1, 0.15) is 12.4 Å². The minimum Gasteiger partial charge on any atom is -0.488 e. The van der Waals surface area contributed by atoms with Crippen LogP contribution in [0.5, 0.6) is 5.75 Å². The number of carbonyl (C=O) groups excluding carboxylic acids is 1. The lowest BCUT2D eigenvalue weighted by molar-refractivity contribution is 0.0947. The molecule has 2 aromatic heterocycles. The van der Waals surface area contributed by atoms with Gasteiger partial charge in [-0.25, -0.2) is 0 Å². The fourth-order valence-electron chi connectivity index (χ4n) is 5.16. The van der Waals surface area contributed by atoms with E-state index >= 15 is 0 Å². The maximum absolute atomic E-state index is 13.1. The fraction of sp³-hybridized carbons (Fsp3) is 0.355. The lowest BCUT2D eigenvalue weighted by Crippen LogP contribution is -2.29. The third-order valence-corrected chi connectivity index (χ3v) is 7.15. The summed E-state index contributed by atoms with van der Waals surface area (Å²) in [6.45, 7) is 12.0. The molecule has 0 fully saturated rings. The van der Waals surface area contributed by atoms with Gasteiger partial charge in [0.05, 0.1) is 11.1 Å². The van der Waals surface area contributed by atoms with E-state index in [4.69, 9.17) is 9.26 Å². The van der Waals surface area contributed by atoms with Crippen LogP contribution in [-0.2, 0) is 19.7 Å². The molecule has 1 N–H and O–H groups in total. The molecule has 1 aliphatic heterocycles. The molecule has 1 amide bonds. The van der Waals surface area contributed by atoms with E-state index in [-0.39, 0.29) is 5.91 Å². The first-order chi connectivity index (χ1) is 18.4. The summed E-state index contributed by atoms with van der Waals surface area (Å²) in [4.78, 5) is 15.4. The number of nitrogens with one attached hydrogen (secondary N) is 1. The quantitative estimate of drug-likeness (QED) is 0.313. The Morgan fingerprint density at radius 3 is 2.68 bits per heavy atom. The largest absolute Gasteiger partial charge is 0.488 e. The molecule has 38 heavy (non-hydrogen) atoms. The zero-order valence-electron chi connectivity index (χ0n) is 22.9. The van der Waals surface area contributed by atoms with Crippen LogP contribution >= 0.6 is 0 Å². The van der Waals surface area contributed by atoms with Crippen molar-refractivity contribution in [1.29, 1.82) is 0 Å². The Kier molecular flexibility index (Phi) is 7.38. The number of ether oxygens (including phenoxy) is 1. The molecule has 1 aliphatic rings. The van der Waals surface area contributed by atoms with Crippen molar-refractivity contribution in [2.24, 2.45) is 0 Å². The molecule has 0 bridgehead atoms. The Morgan fingerprint density at radius 1 is 1.16 bits per heavy atom. The molecule has 0 spiro atoms. The minimum atomic E-state index is -0.248. The molecule has 2 aromatic carbocycles. The van der Waals surface area contributed by atoms with Gasteiger partial charge in [0.25, 0.3) is 5.91 Å². The first-order valence-corrected chi connectivity index (χ1v) is 13.3. The number of carbonyl (C=O) groups is 1. The van der Waals surface area contributed by atoms with Crippen LogP contribution in [0.2, 0.25) is 0 Å². The van der Waals surface area contributed by atoms with Crippen LogP contribution in [-0.4, -0.2) is 40.7 Å². The number of hydrogen-bond acceptors (Lipinski definition) is 5. The summed E-state index contributed by atoms with van der Waals surface area (Å²) in [6, 6.07) is 16.5. The Labute approximate surface area is 224 Å². The summed E-state index contributed by atoms with van der Waals surface area (Å²) >= 11 is 0. The number of benzene rings is 2. The molecule has 4 aromatic rings. The summed E-state index contributed by atoms with van der Waals surface area (Å²) in [5.74, 6) is 1.32. The summed E-state index contributed by atoms with van der Waals surface area (Å²) < 4.78 is 14.7. The van der Waals surface area contributed by atoms with Crippen molar-refractivity contribution in [2.45, 2.75) is 53.3 Å². The number of aryl methyl sites for hydroxylation is 1. The Balaban J connectivity index is 1.66. The second kappa shape index (κ2) is 10.9. The van der Waals surface area contributed by atoms with E-state index < -0.39 is 0 Å². The normalized spacial score (nSPS) is 13.5. The second-order valence-electron chi connectivity index (χ2n) is 10.4. The fourth-order valence-corrected chi connectivity index (χ4v) is 5.16. The van der Waals surface area contributed by atoms with Crippen molar-refractivity contribution in [3.05, 3.63) is 82.8 Å². The number of fused-ring (bicyclic) bond motifs is 1. The molecule has 0 unspecified atom stereocenters. The summed E-state index contributed by atoms with van der Waals surface area (Å²) in [5.41, 5.74) is 7.35.